The van der Waals surface area contributed by atoms with Crippen LogP contribution in [0.5, 0.6) is 0 Å². The number of carbonyl (C=O) groups is 1. The quantitative estimate of drug-likeness (QED) is 0.463. The maximum Gasteiger partial charge on any atom is 0.342 e. The van der Waals surface area contributed by atoms with Crippen LogP contribution in [-0.2, 0) is 9.36 Å². The minimum Gasteiger partial charge on any atom is -0.332 e. The summed E-state index contributed by atoms with van der Waals surface area (Å²) in [6.07, 6.45) is 2.40. The topological polar surface area (TPSA) is 86.6 Å². The van der Waals surface area contributed by atoms with Crippen LogP contribution in [0.1, 0.15) is 22.3 Å². The zero-order valence-corrected chi connectivity index (χ0v) is 17.4. The zero-order chi connectivity index (χ0) is 21.3. The molecule has 1 heterocycles. The number of aryl methyl sites for hydroxylation is 1. The summed E-state index contributed by atoms with van der Waals surface area (Å²) in [5.41, 5.74) is -0.690. The van der Waals surface area contributed by atoms with Gasteiger partial charge in [-0.2, -0.15) is 0 Å². The standard InChI is InChI=1S/C19H15ClF2NO4PS/c1-10-13(20)3-5-16-17(10)12(9-29-16)18(28(25,26)27)19(24)23-7-6-11-2-4-14(21)15(22)8-11/h2-9,18H,1H3,(H,23,24)(H2,25,26,27)/b7-6+. The van der Waals surface area contributed by atoms with Gasteiger partial charge in [-0.15, -0.1) is 11.3 Å². The summed E-state index contributed by atoms with van der Waals surface area (Å²) in [6, 6.07) is 6.54. The number of thiophene rings is 1. The van der Waals surface area contributed by atoms with Crippen molar-refractivity contribution in [3.63, 3.8) is 0 Å². The molecule has 0 saturated carbocycles. The first kappa shape index (κ1) is 21.6. The molecule has 0 spiro atoms. The van der Waals surface area contributed by atoms with Crippen molar-refractivity contribution in [1.82, 2.24) is 5.32 Å². The molecule has 10 heteroatoms. The summed E-state index contributed by atoms with van der Waals surface area (Å²) in [5.74, 6) is -2.99. The second-order valence-corrected chi connectivity index (χ2v) is 9.26. The first-order chi connectivity index (χ1) is 13.6. The largest absolute Gasteiger partial charge is 0.342 e. The number of nitrogens with one attached hydrogen (secondary N) is 1. The van der Waals surface area contributed by atoms with Gasteiger partial charge in [0.05, 0.1) is 0 Å². The molecule has 0 aliphatic heterocycles. The van der Waals surface area contributed by atoms with E-state index < -0.39 is 30.8 Å². The van der Waals surface area contributed by atoms with Crippen LogP contribution >= 0.6 is 30.5 Å². The Morgan fingerprint density at radius 1 is 1.24 bits per heavy atom. The molecule has 0 fully saturated rings. The van der Waals surface area contributed by atoms with Gasteiger partial charge < -0.3 is 15.1 Å². The lowest BCUT2D eigenvalue weighted by molar-refractivity contribution is -0.120. The molecule has 0 bridgehead atoms. The molecule has 0 radical (unpaired) electrons. The Hall–Kier alpha value is -2.09. The third-order valence-corrected chi connectivity index (χ3v) is 6.85. The molecule has 2 aromatic carbocycles. The van der Waals surface area contributed by atoms with E-state index in [2.05, 4.69) is 5.32 Å². The van der Waals surface area contributed by atoms with E-state index in [4.69, 9.17) is 11.6 Å². The molecule has 1 amide bonds. The van der Waals surface area contributed by atoms with Gasteiger partial charge in [-0.05, 0) is 59.3 Å². The smallest absolute Gasteiger partial charge is 0.332 e. The van der Waals surface area contributed by atoms with Crippen molar-refractivity contribution < 1.29 is 27.9 Å². The number of halogens is 3. The summed E-state index contributed by atoms with van der Waals surface area (Å²) in [5, 5.41) is 4.77. The monoisotopic (exact) mass is 457 g/mol. The normalized spacial score (nSPS) is 13.2. The molecular weight excluding hydrogens is 443 g/mol. The molecule has 0 aliphatic rings. The minimum absolute atomic E-state index is 0.178. The lowest BCUT2D eigenvalue weighted by Crippen LogP contribution is -2.25. The highest BCUT2D eigenvalue weighted by atomic mass is 35.5. The van der Waals surface area contributed by atoms with E-state index in [9.17, 15) is 27.9 Å². The molecule has 0 aliphatic carbocycles. The Labute approximate surface area is 173 Å². The van der Waals surface area contributed by atoms with Crippen LogP contribution in [0.2, 0.25) is 5.02 Å². The molecule has 3 N–H and O–H groups in total. The van der Waals surface area contributed by atoms with Gasteiger partial charge in [-0.1, -0.05) is 17.7 Å². The third-order valence-electron chi connectivity index (χ3n) is 4.29. The average molecular weight is 458 g/mol. The first-order valence-corrected chi connectivity index (χ1v) is 11.2. The summed E-state index contributed by atoms with van der Waals surface area (Å²) >= 11 is 7.38. The SMILES string of the molecule is Cc1c(Cl)ccc2scc(C(C(=O)N/C=C/c3ccc(F)c(F)c3)P(=O)(O)O)c12. The molecule has 1 aromatic heterocycles. The van der Waals surface area contributed by atoms with Crippen LogP contribution in [0.4, 0.5) is 8.78 Å². The Morgan fingerprint density at radius 3 is 2.62 bits per heavy atom. The molecule has 3 aromatic rings. The van der Waals surface area contributed by atoms with Crippen molar-refractivity contribution in [2.45, 2.75) is 12.6 Å². The van der Waals surface area contributed by atoms with E-state index >= 15 is 0 Å². The van der Waals surface area contributed by atoms with Crippen LogP contribution in [0.25, 0.3) is 16.2 Å². The van der Waals surface area contributed by atoms with E-state index in [1.54, 1.807) is 19.1 Å². The first-order valence-electron chi connectivity index (χ1n) is 8.23. The van der Waals surface area contributed by atoms with E-state index in [0.29, 0.717) is 16.0 Å². The Morgan fingerprint density at radius 2 is 1.97 bits per heavy atom. The molecule has 1 unspecified atom stereocenters. The molecular formula is C19H15ClF2NO4PS. The summed E-state index contributed by atoms with van der Waals surface area (Å²) in [4.78, 5) is 32.3. The van der Waals surface area contributed by atoms with Crippen molar-refractivity contribution in [3.8, 4) is 0 Å². The average Bonchev–Trinajstić information content (AvgIpc) is 3.04. The lowest BCUT2D eigenvalue weighted by atomic mass is 10.0. The van der Waals surface area contributed by atoms with E-state index in [1.807, 2.05) is 0 Å². The zero-order valence-electron chi connectivity index (χ0n) is 14.9. The lowest BCUT2D eigenvalue weighted by Gasteiger charge is -2.17. The molecule has 5 nitrogen and oxygen atoms in total. The fourth-order valence-corrected chi connectivity index (χ4v) is 5.14. The van der Waals surface area contributed by atoms with E-state index in [1.165, 1.54) is 28.9 Å². The summed E-state index contributed by atoms with van der Waals surface area (Å²) in [6.45, 7) is 1.71. The Bertz CT molecular complexity index is 1170. The number of carbonyl (C=O) groups excluding carboxylic acids is 1. The predicted octanol–water partition coefficient (Wildman–Crippen LogP) is 5.15. The van der Waals surface area contributed by atoms with Crippen molar-refractivity contribution in [1.29, 1.82) is 0 Å². The number of fused-ring (bicyclic) bond motifs is 1. The van der Waals surface area contributed by atoms with Gasteiger partial charge in [-0.3, -0.25) is 9.36 Å². The van der Waals surface area contributed by atoms with Gasteiger partial charge in [0.15, 0.2) is 17.3 Å². The highest BCUT2D eigenvalue weighted by Crippen LogP contribution is 2.54. The van der Waals surface area contributed by atoms with Crippen LogP contribution < -0.4 is 5.32 Å². The van der Waals surface area contributed by atoms with Crippen molar-refractivity contribution in [3.05, 3.63) is 75.3 Å². The molecule has 3 rings (SSSR count). The van der Waals surface area contributed by atoms with Crippen LogP contribution in [0.3, 0.4) is 0 Å². The third kappa shape index (κ3) is 4.57. The fourth-order valence-electron chi connectivity index (χ4n) is 2.90. The number of benzene rings is 2. The fraction of sp³-hybridized carbons (Fsp3) is 0.105. The van der Waals surface area contributed by atoms with Crippen molar-refractivity contribution in [2.24, 2.45) is 0 Å². The maximum absolute atomic E-state index is 13.2. The molecule has 29 heavy (non-hydrogen) atoms. The van der Waals surface area contributed by atoms with Crippen molar-refractivity contribution >= 4 is 52.6 Å². The minimum atomic E-state index is -4.88. The van der Waals surface area contributed by atoms with Gasteiger partial charge in [0.2, 0.25) is 5.91 Å². The summed E-state index contributed by atoms with van der Waals surface area (Å²) in [7, 11) is -4.88. The number of amides is 1. The number of hydrogen-bond acceptors (Lipinski definition) is 3. The highest BCUT2D eigenvalue weighted by molar-refractivity contribution is 7.53. The number of hydrogen-bond donors (Lipinski definition) is 3. The molecule has 1 atom stereocenters. The van der Waals surface area contributed by atoms with Crippen LogP contribution in [-0.4, -0.2) is 15.7 Å². The van der Waals surface area contributed by atoms with Gasteiger partial charge in [0, 0.05) is 21.3 Å². The molecule has 152 valence electrons. The van der Waals surface area contributed by atoms with Crippen LogP contribution in [0.15, 0.2) is 41.9 Å². The van der Waals surface area contributed by atoms with Gasteiger partial charge >= 0.3 is 7.60 Å². The predicted molar refractivity (Wildman–Crippen MR) is 110 cm³/mol. The maximum atomic E-state index is 13.2. The Kier molecular flexibility index (Phi) is 6.22. The van der Waals surface area contributed by atoms with Gasteiger partial charge in [0.25, 0.3) is 0 Å². The Balaban J connectivity index is 1.93. The summed E-state index contributed by atoms with van der Waals surface area (Å²) < 4.78 is 39.1. The van der Waals surface area contributed by atoms with Crippen molar-refractivity contribution in [2.75, 3.05) is 0 Å². The van der Waals surface area contributed by atoms with E-state index in [-0.39, 0.29) is 11.1 Å². The highest BCUT2D eigenvalue weighted by Gasteiger charge is 2.39. The number of rotatable bonds is 5. The van der Waals surface area contributed by atoms with Gasteiger partial charge in [-0.25, -0.2) is 8.78 Å². The second-order valence-electron chi connectivity index (χ2n) is 6.24. The molecule has 0 saturated heterocycles. The van der Waals surface area contributed by atoms with E-state index in [0.717, 1.165) is 23.0 Å². The van der Waals surface area contributed by atoms with Crippen LogP contribution in [0, 0.1) is 18.6 Å². The van der Waals surface area contributed by atoms with Gasteiger partial charge in [0.1, 0.15) is 0 Å². The second kappa shape index (κ2) is 8.34.